The molecule has 1 saturated carbocycles. The van der Waals surface area contributed by atoms with Crippen LogP contribution in [0.25, 0.3) is 0 Å². The molecule has 0 aromatic carbocycles. The van der Waals surface area contributed by atoms with Gasteiger partial charge in [-0.3, -0.25) is 13.9 Å². The minimum atomic E-state index is -0.837. The summed E-state index contributed by atoms with van der Waals surface area (Å²) in [6, 6.07) is 0. The molecule has 2 fully saturated rings. The summed E-state index contributed by atoms with van der Waals surface area (Å²) in [6.45, 7) is 4.29. The number of carbonyl (C=O) groups is 1. The Hall–Kier alpha value is -0.460. The standard InChI is InChI=1S/C13H23NO4S/c1-17-12(15)10-13(2-3-13)11-19(16)9-6-14-4-7-18-8-5-14/h2-11H2,1H3. The van der Waals surface area contributed by atoms with Gasteiger partial charge in [-0.1, -0.05) is 0 Å². The summed E-state index contributed by atoms with van der Waals surface area (Å²) >= 11 is 0. The van der Waals surface area contributed by atoms with Gasteiger partial charge in [0.2, 0.25) is 0 Å². The van der Waals surface area contributed by atoms with Gasteiger partial charge in [0.25, 0.3) is 0 Å². The first kappa shape index (κ1) is 14.9. The Morgan fingerprint density at radius 2 is 2.05 bits per heavy atom. The normalized spacial score (nSPS) is 23.8. The van der Waals surface area contributed by atoms with Gasteiger partial charge in [0, 0.05) is 41.9 Å². The number of hydrogen-bond acceptors (Lipinski definition) is 5. The fraction of sp³-hybridized carbons (Fsp3) is 0.923. The van der Waals surface area contributed by atoms with Gasteiger partial charge < -0.3 is 9.47 Å². The van der Waals surface area contributed by atoms with E-state index in [0.29, 0.717) is 17.9 Å². The van der Waals surface area contributed by atoms with Crippen molar-refractivity contribution in [3.63, 3.8) is 0 Å². The van der Waals surface area contributed by atoms with Crippen molar-refractivity contribution < 1.29 is 18.5 Å². The van der Waals surface area contributed by atoms with Gasteiger partial charge in [-0.15, -0.1) is 0 Å². The first-order chi connectivity index (χ1) is 9.13. The highest BCUT2D eigenvalue weighted by Crippen LogP contribution is 2.49. The summed E-state index contributed by atoms with van der Waals surface area (Å²) in [4.78, 5) is 13.6. The number of ether oxygens (including phenoxy) is 2. The third-order valence-corrected chi connectivity index (χ3v) is 5.48. The van der Waals surface area contributed by atoms with Gasteiger partial charge in [0.1, 0.15) is 0 Å². The number of nitrogens with zero attached hydrogens (tertiary/aromatic N) is 1. The van der Waals surface area contributed by atoms with Crippen LogP contribution >= 0.6 is 0 Å². The molecule has 0 bridgehead atoms. The van der Waals surface area contributed by atoms with E-state index in [4.69, 9.17) is 9.47 Å². The highest BCUT2D eigenvalue weighted by molar-refractivity contribution is 7.85. The maximum atomic E-state index is 12.1. The molecule has 1 heterocycles. The van der Waals surface area contributed by atoms with Crippen LogP contribution in [0.15, 0.2) is 0 Å². The van der Waals surface area contributed by atoms with Crippen LogP contribution in [0.4, 0.5) is 0 Å². The van der Waals surface area contributed by atoms with Crippen LogP contribution in [0.5, 0.6) is 0 Å². The summed E-state index contributed by atoms with van der Waals surface area (Å²) in [5.41, 5.74) is -0.0248. The SMILES string of the molecule is COC(=O)CC1(CS(=O)CCN2CCOCC2)CC1. The zero-order chi connectivity index (χ0) is 13.7. The highest BCUT2D eigenvalue weighted by Gasteiger charge is 2.45. The lowest BCUT2D eigenvalue weighted by molar-refractivity contribution is -0.141. The van der Waals surface area contributed by atoms with Crippen molar-refractivity contribution in [1.82, 2.24) is 4.90 Å². The molecule has 5 nitrogen and oxygen atoms in total. The van der Waals surface area contributed by atoms with E-state index in [1.807, 2.05) is 0 Å². The summed E-state index contributed by atoms with van der Waals surface area (Å²) in [6.07, 6.45) is 2.43. The van der Waals surface area contributed by atoms with E-state index in [1.54, 1.807) is 0 Å². The smallest absolute Gasteiger partial charge is 0.306 e. The number of carbonyl (C=O) groups excluding carboxylic acids is 1. The zero-order valence-electron chi connectivity index (χ0n) is 11.6. The zero-order valence-corrected chi connectivity index (χ0v) is 12.4. The Kier molecular flexibility index (Phi) is 5.36. The molecule has 0 N–H and O–H groups in total. The molecule has 1 saturated heterocycles. The minimum absolute atomic E-state index is 0.0248. The average Bonchev–Trinajstić information content (AvgIpc) is 3.16. The first-order valence-corrected chi connectivity index (χ1v) is 8.34. The van der Waals surface area contributed by atoms with Crippen LogP contribution in [0.1, 0.15) is 19.3 Å². The van der Waals surface area contributed by atoms with Gasteiger partial charge >= 0.3 is 5.97 Å². The number of esters is 1. The van der Waals surface area contributed by atoms with Crippen molar-refractivity contribution in [3.8, 4) is 0 Å². The van der Waals surface area contributed by atoms with Crippen molar-refractivity contribution in [2.75, 3.05) is 51.5 Å². The average molecular weight is 289 g/mol. The van der Waals surface area contributed by atoms with Crippen molar-refractivity contribution in [1.29, 1.82) is 0 Å². The first-order valence-electron chi connectivity index (χ1n) is 6.85. The maximum absolute atomic E-state index is 12.1. The van der Waals surface area contributed by atoms with Gasteiger partial charge in [-0.2, -0.15) is 0 Å². The van der Waals surface area contributed by atoms with E-state index >= 15 is 0 Å². The molecular formula is C13H23NO4S. The molecule has 2 rings (SSSR count). The van der Waals surface area contributed by atoms with E-state index in [9.17, 15) is 9.00 Å². The number of hydrogen-bond donors (Lipinski definition) is 0. The van der Waals surface area contributed by atoms with Gasteiger partial charge in [0.15, 0.2) is 0 Å². The second-order valence-corrected chi connectivity index (χ2v) is 7.07. The van der Waals surface area contributed by atoms with Crippen LogP contribution in [0, 0.1) is 5.41 Å². The van der Waals surface area contributed by atoms with Crippen LogP contribution in [0.2, 0.25) is 0 Å². The molecule has 0 amide bonds. The van der Waals surface area contributed by atoms with Crippen LogP contribution < -0.4 is 0 Å². The Morgan fingerprint density at radius 3 is 2.63 bits per heavy atom. The maximum Gasteiger partial charge on any atom is 0.306 e. The molecule has 1 aliphatic heterocycles. The van der Waals surface area contributed by atoms with E-state index in [1.165, 1.54) is 7.11 Å². The lowest BCUT2D eigenvalue weighted by atomic mass is 10.1. The topological polar surface area (TPSA) is 55.8 Å². The second-order valence-electron chi connectivity index (χ2n) is 5.50. The van der Waals surface area contributed by atoms with Crippen molar-refractivity contribution >= 4 is 16.8 Å². The lowest BCUT2D eigenvalue weighted by Gasteiger charge is -2.26. The van der Waals surface area contributed by atoms with Crippen LogP contribution in [-0.4, -0.2) is 66.5 Å². The summed E-state index contributed by atoms with van der Waals surface area (Å²) in [7, 11) is 0.573. The molecule has 6 heteroatoms. The summed E-state index contributed by atoms with van der Waals surface area (Å²) in [5.74, 6) is 1.16. The molecule has 110 valence electrons. The molecular weight excluding hydrogens is 266 g/mol. The second kappa shape index (κ2) is 6.81. The van der Waals surface area contributed by atoms with Gasteiger partial charge in [0.05, 0.1) is 26.7 Å². The quantitative estimate of drug-likeness (QED) is 0.635. The summed E-state index contributed by atoms with van der Waals surface area (Å²) in [5, 5.41) is 0. The van der Waals surface area contributed by atoms with Crippen molar-refractivity contribution in [2.45, 2.75) is 19.3 Å². The van der Waals surface area contributed by atoms with E-state index in [0.717, 1.165) is 45.7 Å². The molecule has 1 atom stereocenters. The van der Waals surface area contributed by atoms with Gasteiger partial charge in [-0.05, 0) is 18.3 Å². The van der Waals surface area contributed by atoms with E-state index in [2.05, 4.69) is 4.90 Å². The Labute approximate surface area is 117 Å². The molecule has 0 radical (unpaired) electrons. The number of methoxy groups -OCH3 is 1. The van der Waals surface area contributed by atoms with Crippen molar-refractivity contribution in [3.05, 3.63) is 0 Å². The molecule has 0 aromatic rings. The molecule has 1 aliphatic carbocycles. The summed E-state index contributed by atoms with van der Waals surface area (Å²) < 4.78 is 22.1. The third kappa shape index (κ3) is 4.85. The number of rotatable bonds is 7. The largest absolute Gasteiger partial charge is 0.469 e. The van der Waals surface area contributed by atoms with E-state index in [-0.39, 0.29) is 11.4 Å². The van der Waals surface area contributed by atoms with Crippen LogP contribution in [-0.2, 0) is 25.1 Å². The lowest BCUT2D eigenvalue weighted by Crippen LogP contribution is -2.38. The minimum Gasteiger partial charge on any atom is -0.469 e. The molecule has 2 aliphatic rings. The molecule has 0 spiro atoms. The Morgan fingerprint density at radius 1 is 1.37 bits per heavy atom. The molecule has 1 unspecified atom stereocenters. The van der Waals surface area contributed by atoms with E-state index < -0.39 is 10.8 Å². The molecule has 0 aromatic heterocycles. The number of morpholine rings is 1. The highest BCUT2D eigenvalue weighted by atomic mass is 32.2. The fourth-order valence-electron chi connectivity index (χ4n) is 2.40. The predicted octanol–water partition coefficient (Wildman–Crippen LogP) is 0.411. The molecule has 19 heavy (non-hydrogen) atoms. The Bertz CT molecular complexity index is 338. The third-order valence-electron chi connectivity index (χ3n) is 3.91. The van der Waals surface area contributed by atoms with Crippen molar-refractivity contribution in [2.24, 2.45) is 5.41 Å². The predicted molar refractivity (Wildman–Crippen MR) is 73.4 cm³/mol. The Balaban J connectivity index is 1.67. The van der Waals surface area contributed by atoms with Crippen LogP contribution in [0.3, 0.4) is 0 Å². The fourth-order valence-corrected chi connectivity index (χ4v) is 4.08. The van der Waals surface area contributed by atoms with Gasteiger partial charge in [-0.25, -0.2) is 0 Å². The monoisotopic (exact) mass is 289 g/mol.